The lowest BCUT2D eigenvalue weighted by molar-refractivity contribution is -0.142. The molecule has 11 nitrogen and oxygen atoms in total. The quantitative estimate of drug-likeness (QED) is 0.0657. The number of fused-ring (bicyclic) bond motifs is 1. The molecule has 6 fully saturated rings. The van der Waals surface area contributed by atoms with Crippen molar-refractivity contribution in [3.8, 4) is 5.75 Å². The van der Waals surface area contributed by atoms with Gasteiger partial charge in [-0.2, -0.15) is 34.0 Å². The van der Waals surface area contributed by atoms with Crippen molar-refractivity contribution in [1.29, 1.82) is 0 Å². The summed E-state index contributed by atoms with van der Waals surface area (Å²) in [5.41, 5.74) is 2.50. The fourth-order valence-corrected chi connectivity index (χ4v) is 15.1. The fraction of sp³-hybridized carbons (Fsp3) is 0.658. The van der Waals surface area contributed by atoms with Crippen molar-refractivity contribution in [2.24, 2.45) is 17.8 Å². The predicted molar refractivity (Wildman–Crippen MR) is 190 cm³/mol. The summed E-state index contributed by atoms with van der Waals surface area (Å²) in [7, 11) is -15.2. The van der Waals surface area contributed by atoms with Crippen LogP contribution in [-0.2, 0) is 43.5 Å². The Morgan fingerprint density at radius 2 is 1.18 bits per heavy atom. The SMILES string of the molecule is O=C(Oc1c(F)c(F)c(S(=O)(=O)O)c(F)c1F)C1C2CC3C(OS(=O)(=O)C31)C2OS(=O)(=O)c1c(C2CCCCC2)cc(C2CCCCC2)cc1C1CCCCC1. The molecule has 0 amide bonds. The van der Waals surface area contributed by atoms with Crippen LogP contribution in [-0.4, -0.2) is 53.2 Å². The van der Waals surface area contributed by atoms with Crippen molar-refractivity contribution in [3.05, 3.63) is 52.1 Å². The average Bonchev–Trinajstić information content (AvgIpc) is 3.79. The molecular formula is C38H44F4O11S3. The number of carbonyl (C=O) groups excluding carboxylic acids is 1. The van der Waals surface area contributed by atoms with E-state index >= 15 is 0 Å². The Labute approximate surface area is 323 Å². The van der Waals surface area contributed by atoms with Gasteiger partial charge in [0, 0.05) is 11.8 Å². The Bertz CT molecular complexity index is 2180. The molecule has 308 valence electrons. The molecule has 2 bridgehead atoms. The standard InChI is InChI=1S/C38H44F4O11S3/c39-28-30(41)37(54(44,45)46)31(42)29(40)34(28)51-38(43)27-25-18-26-33(53-56(49,50)36(26)27)32(25)52-55(47,48)35-23(20-12-6-2-7-13-20)16-22(19-10-4-1-5-11-19)17-24(35)21-14-8-3-9-15-21/h16-17,19-21,25-27,32-33,36H,1-15,18H2,(H,44,45,46). The number of carbonyl (C=O) groups is 1. The first-order chi connectivity index (χ1) is 26.5. The summed E-state index contributed by atoms with van der Waals surface area (Å²) < 4.78 is 164. The number of hydrogen-bond donors (Lipinski definition) is 1. The van der Waals surface area contributed by atoms with E-state index in [1.165, 1.54) is 0 Å². The number of halogens is 4. The van der Waals surface area contributed by atoms with Gasteiger partial charge in [-0.25, -0.2) is 8.78 Å². The number of benzene rings is 2. The van der Waals surface area contributed by atoms with Crippen molar-refractivity contribution in [2.45, 2.75) is 148 Å². The third-order valence-corrected chi connectivity index (χ3v) is 17.4. The van der Waals surface area contributed by atoms with Crippen LogP contribution >= 0.6 is 0 Å². The molecule has 0 spiro atoms. The van der Waals surface area contributed by atoms with E-state index in [0.717, 1.165) is 102 Å². The van der Waals surface area contributed by atoms with E-state index < -0.39 is 105 Å². The molecular weight excluding hydrogens is 805 g/mol. The summed E-state index contributed by atoms with van der Waals surface area (Å²) in [6, 6.07) is 4.08. The highest BCUT2D eigenvalue weighted by molar-refractivity contribution is 7.88. The van der Waals surface area contributed by atoms with Crippen LogP contribution in [0.4, 0.5) is 17.6 Å². The van der Waals surface area contributed by atoms with Gasteiger partial charge in [0.15, 0.2) is 16.5 Å². The molecule has 1 aliphatic heterocycles. The third kappa shape index (κ3) is 6.90. The minimum Gasteiger partial charge on any atom is -0.420 e. The first kappa shape index (κ1) is 40.2. The van der Waals surface area contributed by atoms with Crippen LogP contribution in [0.2, 0.25) is 0 Å². The molecule has 5 aliphatic carbocycles. The van der Waals surface area contributed by atoms with Crippen LogP contribution < -0.4 is 4.74 Å². The highest BCUT2D eigenvalue weighted by atomic mass is 32.2. The Kier molecular flexibility index (Phi) is 10.7. The Hall–Kier alpha value is -2.64. The molecule has 8 rings (SSSR count). The zero-order valence-corrected chi connectivity index (χ0v) is 32.9. The van der Waals surface area contributed by atoms with Gasteiger partial charge < -0.3 is 4.74 Å². The zero-order chi connectivity index (χ0) is 39.9. The monoisotopic (exact) mass is 848 g/mol. The lowest BCUT2D eigenvalue weighted by atomic mass is 9.76. The molecule has 2 aromatic rings. The van der Waals surface area contributed by atoms with Gasteiger partial charge in [-0.15, -0.1) is 0 Å². The summed E-state index contributed by atoms with van der Waals surface area (Å²) in [6.45, 7) is 0. The van der Waals surface area contributed by atoms with Gasteiger partial charge in [-0.1, -0.05) is 69.9 Å². The van der Waals surface area contributed by atoms with E-state index in [-0.39, 0.29) is 23.2 Å². The normalized spacial score (nSPS) is 29.9. The molecule has 1 N–H and O–H groups in total. The summed E-state index contributed by atoms with van der Waals surface area (Å²) in [4.78, 5) is 11.4. The van der Waals surface area contributed by atoms with Crippen LogP contribution in [0.25, 0.3) is 0 Å². The maximum atomic E-state index is 15.0. The lowest BCUT2D eigenvalue weighted by Crippen LogP contribution is -2.46. The van der Waals surface area contributed by atoms with E-state index in [4.69, 9.17) is 17.7 Å². The molecule has 6 aliphatic rings. The second kappa shape index (κ2) is 14.9. The maximum absolute atomic E-state index is 15.0. The van der Waals surface area contributed by atoms with Crippen molar-refractivity contribution < 1.29 is 65.3 Å². The number of hydrogen-bond acceptors (Lipinski definition) is 10. The zero-order valence-electron chi connectivity index (χ0n) is 30.4. The summed E-state index contributed by atoms with van der Waals surface area (Å²) >= 11 is 0. The van der Waals surface area contributed by atoms with Crippen LogP contribution in [0.3, 0.4) is 0 Å². The first-order valence-electron chi connectivity index (χ1n) is 19.6. The summed E-state index contributed by atoms with van der Waals surface area (Å²) in [5, 5.41) is -1.66. The van der Waals surface area contributed by atoms with E-state index in [1.54, 1.807) is 0 Å². The molecule has 0 aromatic heterocycles. The van der Waals surface area contributed by atoms with Crippen molar-refractivity contribution in [2.75, 3.05) is 0 Å². The van der Waals surface area contributed by atoms with Crippen LogP contribution in [0.15, 0.2) is 21.9 Å². The number of rotatable bonds is 9. The molecule has 56 heavy (non-hydrogen) atoms. The Balaban J connectivity index is 1.18. The smallest absolute Gasteiger partial charge is 0.316 e. The molecule has 6 unspecified atom stereocenters. The van der Waals surface area contributed by atoms with Gasteiger partial charge in [0.2, 0.25) is 17.4 Å². The van der Waals surface area contributed by atoms with Crippen molar-refractivity contribution >= 4 is 36.3 Å². The van der Waals surface area contributed by atoms with Gasteiger partial charge >= 0.3 is 16.1 Å². The topological polar surface area (TPSA) is 167 Å². The van der Waals surface area contributed by atoms with Gasteiger partial charge in [0.05, 0.1) is 5.92 Å². The van der Waals surface area contributed by atoms with E-state index in [9.17, 15) is 47.6 Å². The minimum absolute atomic E-state index is 0.0592. The van der Waals surface area contributed by atoms with E-state index in [2.05, 4.69) is 0 Å². The predicted octanol–water partition coefficient (Wildman–Crippen LogP) is 7.68. The van der Waals surface area contributed by atoms with Gasteiger partial charge in [0.1, 0.15) is 22.4 Å². The molecule has 18 heteroatoms. The summed E-state index contributed by atoms with van der Waals surface area (Å²) in [5.74, 6) is -17.7. The largest absolute Gasteiger partial charge is 0.420 e. The second-order valence-corrected chi connectivity index (χ2v) is 21.1. The fourth-order valence-electron chi connectivity index (χ4n) is 10.8. The first-order valence-corrected chi connectivity index (χ1v) is 23.9. The number of ether oxygens (including phenoxy) is 1. The van der Waals surface area contributed by atoms with Gasteiger partial charge in [-0.3, -0.25) is 17.7 Å². The van der Waals surface area contributed by atoms with Crippen LogP contribution in [0.5, 0.6) is 5.75 Å². The van der Waals surface area contributed by atoms with Crippen molar-refractivity contribution in [3.63, 3.8) is 0 Å². The van der Waals surface area contributed by atoms with E-state index in [1.807, 2.05) is 12.1 Å². The Morgan fingerprint density at radius 1 is 0.696 bits per heavy atom. The molecule has 1 saturated heterocycles. The van der Waals surface area contributed by atoms with Gasteiger partial charge in [0.25, 0.3) is 20.2 Å². The molecule has 0 radical (unpaired) electrons. The second-order valence-electron chi connectivity index (χ2n) is 16.5. The minimum atomic E-state index is -5.82. The molecule has 2 aromatic carbocycles. The highest BCUT2D eigenvalue weighted by Crippen LogP contribution is 2.60. The maximum Gasteiger partial charge on any atom is 0.316 e. The Morgan fingerprint density at radius 3 is 1.66 bits per heavy atom. The third-order valence-electron chi connectivity index (χ3n) is 13.3. The molecule has 5 saturated carbocycles. The number of esters is 1. The molecule has 6 atom stereocenters. The van der Waals surface area contributed by atoms with Crippen molar-refractivity contribution in [1.82, 2.24) is 0 Å². The average molecular weight is 849 g/mol. The highest BCUT2D eigenvalue weighted by Gasteiger charge is 2.72. The van der Waals surface area contributed by atoms with Gasteiger partial charge in [-0.05, 0) is 79.4 Å². The summed E-state index contributed by atoms with van der Waals surface area (Å²) in [6.07, 6.45) is 11.3. The lowest BCUT2D eigenvalue weighted by Gasteiger charge is -2.34. The van der Waals surface area contributed by atoms with E-state index in [0.29, 0.717) is 17.0 Å². The molecule has 1 heterocycles. The van der Waals surface area contributed by atoms with Crippen LogP contribution in [0, 0.1) is 41.0 Å². The van der Waals surface area contributed by atoms with Crippen LogP contribution in [0.1, 0.15) is 137 Å².